The molecule has 1 saturated heterocycles. The molecular weight excluding hydrogens is 535 g/mol. The van der Waals surface area contributed by atoms with Crippen LogP contribution in [0, 0.1) is 5.92 Å². The Hall–Kier alpha value is -3.83. The Morgan fingerprint density at radius 2 is 1.71 bits per heavy atom. The molecule has 1 atom stereocenters. The van der Waals surface area contributed by atoms with Gasteiger partial charge in [-0.3, -0.25) is 9.59 Å². The molecule has 1 aromatic heterocycles. The molecule has 11 heteroatoms. The van der Waals surface area contributed by atoms with E-state index in [2.05, 4.69) is 25.9 Å². The van der Waals surface area contributed by atoms with Crippen molar-refractivity contribution in [2.75, 3.05) is 19.6 Å². The Morgan fingerprint density at radius 3 is 2.34 bits per heavy atom. The van der Waals surface area contributed by atoms with Crippen LogP contribution in [0.3, 0.4) is 0 Å². The zero-order valence-corrected chi connectivity index (χ0v) is 22.4. The molecule has 3 aromatic rings. The number of amides is 2. The molecule has 4 N–H and O–H groups in total. The minimum Gasteiger partial charge on any atom is -0.385 e. The van der Waals surface area contributed by atoms with Crippen molar-refractivity contribution in [1.82, 2.24) is 25.9 Å². The van der Waals surface area contributed by atoms with E-state index in [9.17, 15) is 27.9 Å². The number of benzene rings is 2. The molecule has 2 fully saturated rings. The van der Waals surface area contributed by atoms with Gasteiger partial charge in [-0.25, -0.2) is 9.97 Å². The maximum Gasteiger partial charge on any atom is 0.416 e. The van der Waals surface area contributed by atoms with Crippen LogP contribution in [0.2, 0.25) is 0 Å². The molecule has 0 unspecified atom stereocenters. The monoisotopic (exact) mass is 567 g/mol. The zero-order chi connectivity index (χ0) is 29.1. The molecule has 216 valence electrons. The smallest absolute Gasteiger partial charge is 0.385 e. The third-order valence-corrected chi connectivity index (χ3v) is 8.35. The van der Waals surface area contributed by atoms with E-state index in [-0.39, 0.29) is 18.0 Å². The maximum absolute atomic E-state index is 13.0. The summed E-state index contributed by atoms with van der Waals surface area (Å²) in [5, 5.41) is 20.4. The third-order valence-electron chi connectivity index (χ3n) is 8.35. The van der Waals surface area contributed by atoms with E-state index in [1.165, 1.54) is 12.4 Å². The average Bonchev–Trinajstić information content (AvgIpc) is 3.46. The van der Waals surface area contributed by atoms with Gasteiger partial charge in [-0.1, -0.05) is 30.3 Å². The molecule has 1 aliphatic carbocycles. The number of nitrogens with zero attached hydrogens (tertiary/aromatic N) is 2. The van der Waals surface area contributed by atoms with Gasteiger partial charge in [0.25, 0.3) is 5.91 Å². The zero-order valence-electron chi connectivity index (χ0n) is 22.4. The third kappa shape index (κ3) is 6.41. The van der Waals surface area contributed by atoms with Crippen molar-refractivity contribution in [3.8, 4) is 11.1 Å². The van der Waals surface area contributed by atoms with E-state index in [0.29, 0.717) is 38.6 Å². The fraction of sp³-hybridized carbons (Fsp3) is 0.400. The van der Waals surface area contributed by atoms with Gasteiger partial charge in [-0.15, -0.1) is 0 Å². The molecule has 5 rings (SSSR count). The van der Waals surface area contributed by atoms with Gasteiger partial charge in [0.15, 0.2) is 0 Å². The van der Waals surface area contributed by atoms with Gasteiger partial charge in [0, 0.05) is 30.1 Å². The Morgan fingerprint density at radius 1 is 1.00 bits per heavy atom. The summed E-state index contributed by atoms with van der Waals surface area (Å²) in [5.41, 5.74) is 0.106. The Balaban J connectivity index is 1.19. The van der Waals surface area contributed by atoms with Crippen LogP contribution in [-0.2, 0) is 16.6 Å². The van der Waals surface area contributed by atoms with Crippen molar-refractivity contribution >= 4 is 11.8 Å². The topological polar surface area (TPSA) is 116 Å². The standard InChI is InChI=1S/C30H32F3N5O3/c31-30(32,33)25-3-1-2-21(14-25)27(40)37-17-26(39)38-28(12-13-34-18-28)23-8-10-29(41,11-9-23)24-6-4-20(5-7-24)22-15-35-19-36-16-22/h1-7,14-16,19,23,34,41H,8-13,17-18H2,(H,37,40)(H,38,39)/t23?,28-,29?/m0/s1. The predicted octanol–water partition coefficient (Wildman–Crippen LogP) is 3.82. The van der Waals surface area contributed by atoms with E-state index < -0.39 is 34.7 Å². The SMILES string of the molecule is O=C(CNC(=O)c1cccc(C(F)(F)F)c1)N[C@@]1(C2CCC(O)(c3ccc(-c4cncnc4)cc3)CC2)CCNC1. The van der Waals surface area contributed by atoms with Gasteiger partial charge in [0.1, 0.15) is 6.33 Å². The highest BCUT2D eigenvalue weighted by molar-refractivity contribution is 5.96. The Kier molecular flexibility index (Phi) is 8.10. The van der Waals surface area contributed by atoms with Gasteiger partial charge >= 0.3 is 6.18 Å². The van der Waals surface area contributed by atoms with Crippen LogP contribution < -0.4 is 16.0 Å². The second-order valence-corrected chi connectivity index (χ2v) is 10.9. The van der Waals surface area contributed by atoms with Crippen molar-refractivity contribution in [3.05, 3.63) is 83.9 Å². The quantitative estimate of drug-likeness (QED) is 0.345. The van der Waals surface area contributed by atoms with Gasteiger partial charge < -0.3 is 21.1 Å². The highest BCUT2D eigenvalue weighted by Crippen LogP contribution is 2.44. The number of halogens is 3. The minimum absolute atomic E-state index is 0.113. The molecule has 2 amide bonds. The minimum atomic E-state index is -4.57. The van der Waals surface area contributed by atoms with E-state index >= 15 is 0 Å². The Bertz CT molecular complexity index is 1370. The first-order valence-corrected chi connectivity index (χ1v) is 13.6. The fourth-order valence-electron chi connectivity index (χ4n) is 6.05. The molecule has 0 bridgehead atoms. The first-order chi connectivity index (χ1) is 19.6. The van der Waals surface area contributed by atoms with Crippen molar-refractivity contribution in [2.45, 2.75) is 49.4 Å². The molecule has 0 radical (unpaired) electrons. The van der Waals surface area contributed by atoms with Crippen molar-refractivity contribution in [3.63, 3.8) is 0 Å². The second kappa shape index (κ2) is 11.6. The number of carbonyl (C=O) groups excluding carboxylic acids is 2. The van der Waals surface area contributed by atoms with Crippen molar-refractivity contribution in [1.29, 1.82) is 0 Å². The lowest BCUT2D eigenvalue weighted by Gasteiger charge is -2.44. The Labute approximate surface area is 235 Å². The highest BCUT2D eigenvalue weighted by Gasteiger charge is 2.46. The van der Waals surface area contributed by atoms with Crippen molar-refractivity contribution in [2.24, 2.45) is 5.92 Å². The van der Waals surface area contributed by atoms with Gasteiger partial charge in [-0.2, -0.15) is 13.2 Å². The van der Waals surface area contributed by atoms with Crippen LogP contribution in [-0.4, -0.2) is 52.1 Å². The summed E-state index contributed by atoms with van der Waals surface area (Å²) >= 11 is 0. The van der Waals surface area contributed by atoms with Gasteiger partial charge in [0.2, 0.25) is 5.91 Å². The fourth-order valence-corrected chi connectivity index (χ4v) is 6.05. The number of nitrogens with one attached hydrogen (secondary N) is 3. The number of rotatable bonds is 7. The van der Waals surface area contributed by atoms with Crippen LogP contribution in [0.5, 0.6) is 0 Å². The first kappa shape index (κ1) is 28.7. The van der Waals surface area contributed by atoms with E-state index in [4.69, 9.17) is 0 Å². The summed E-state index contributed by atoms with van der Waals surface area (Å²) in [6.07, 6.45) is 3.56. The summed E-state index contributed by atoms with van der Waals surface area (Å²) in [6, 6.07) is 11.9. The first-order valence-electron chi connectivity index (χ1n) is 13.6. The van der Waals surface area contributed by atoms with Crippen LogP contribution in [0.1, 0.15) is 53.6 Å². The predicted molar refractivity (Wildman–Crippen MR) is 145 cm³/mol. The maximum atomic E-state index is 13.0. The summed E-state index contributed by atoms with van der Waals surface area (Å²) in [5.74, 6) is -1.05. The molecular formula is C30H32F3N5O3. The number of alkyl halides is 3. The second-order valence-electron chi connectivity index (χ2n) is 10.9. The van der Waals surface area contributed by atoms with E-state index in [1.807, 2.05) is 24.3 Å². The van der Waals surface area contributed by atoms with Crippen LogP contribution in [0.25, 0.3) is 11.1 Å². The molecule has 2 aromatic carbocycles. The number of aromatic nitrogens is 2. The molecule has 2 aliphatic rings. The lowest BCUT2D eigenvalue weighted by atomic mass is 9.68. The van der Waals surface area contributed by atoms with Gasteiger partial charge in [0.05, 0.1) is 23.2 Å². The summed E-state index contributed by atoms with van der Waals surface area (Å²) in [6.45, 7) is 0.936. The molecule has 8 nitrogen and oxygen atoms in total. The lowest BCUT2D eigenvalue weighted by Crippen LogP contribution is -2.58. The summed E-state index contributed by atoms with van der Waals surface area (Å²) in [7, 11) is 0. The van der Waals surface area contributed by atoms with Crippen LogP contribution >= 0.6 is 0 Å². The molecule has 1 aliphatic heterocycles. The van der Waals surface area contributed by atoms with Crippen LogP contribution in [0.4, 0.5) is 13.2 Å². The van der Waals surface area contributed by atoms with Crippen LogP contribution in [0.15, 0.2) is 67.3 Å². The largest absolute Gasteiger partial charge is 0.416 e. The summed E-state index contributed by atoms with van der Waals surface area (Å²) in [4.78, 5) is 33.5. The molecule has 0 spiro atoms. The normalized spacial score (nSPS) is 24.5. The number of carbonyl (C=O) groups is 2. The van der Waals surface area contributed by atoms with E-state index in [0.717, 1.165) is 41.4 Å². The molecule has 2 heterocycles. The lowest BCUT2D eigenvalue weighted by molar-refractivity contribution is -0.137. The number of hydrogen-bond donors (Lipinski definition) is 4. The van der Waals surface area contributed by atoms with Crippen molar-refractivity contribution < 1.29 is 27.9 Å². The van der Waals surface area contributed by atoms with Gasteiger partial charge in [-0.05, 0) is 73.9 Å². The summed E-state index contributed by atoms with van der Waals surface area (Å²) < 4.78 is 39.0. The molecule has 1 saturated carbocycles. The number of aliphatic hydroxyl groups is 1. The van der Waals surface area contributed by atoms with E-state index in [1.54, 1.807) is 12.4 Å². The average molecular weight is 568 g/mol. The number of hydrogen-bond acceptors (Lipinski definition) is 6. The molecule has 41 heavy (non-hydrogen) atoms. The highest BCUT2D eigenvalue weighted by atomic mass is 19.4.